The third-order valence-corrected chi connectivity index (χ3v) is 4.03. The SMILES string of the molecule is CCc1ccc(N(C)CCNC(C)C2CC2)cc1. The molecule has 1 aliphatic rings. The number of hydrogen-bond acceptors (Lipinski definition) is 2. The van der Waals surface area contributed by atoms with Crippen molar-refractivity contribution in [3.05, 3.63) is 29.8 Å². The molecular weight excluding hydrogens is 220 g/mol. The summed E-state index contributed by atoms with van der Waals surface area (Å²) < 4.78 is 0. The summed E-state index contributed by atoms with van der Waals surface area (Å²) in [7, 11) is 2.17. The third-order valence-electron chi connectivity index (χ3n) is 4.03. The Labute approximate surface area is 111 Å². The lowest BCUT2D eigenvalue weighted by Crippen LogP contribution is -2.35. The van der Waals surface area contributed by atoms with E-state index in [4.69, 9.17) is 0 Å². The maximum atomic E-state index is 3.63. The standard InChI is InChI=1S/C16H26N2/c1-4-14-5-9-16(10-6-14)18(3)12-11-17-13(2)15-7-8-15/h5-6,9-10,13,15,17H,4,7-8,11-12H2,1-3H3. The van der Waals surface area contributed by atoms with Crippen LogP contribution in [0.4, 0.5) is 5.69 Å². The van der Waals surface area contributed by atoms with Crippen LogP contribution in [0, 0.1) is 5.92 Å². The number of aryl methyl sites for hydroxylation is 1. The van der Waals surface area contributed by atoms with E-state index in [0.717, 1.165) is 25.4 Å². The highest BCUT2D eigenvalue weighted by atomic mass is 15.1. The summed E-state index contributed by atoms with van der Waals surface area (Å²) in [5, 5.41) is 3.63. The van der Waals surface area contributed by atoms with Gasteiger partial charge in [0.15, 0.2) is 0 Å². The van der Waals surface area contributed by atoms with Crippen LogP contribution in [0.5, 0.6) is 0 Å². The molecule has 0 bridgehead atoms. The summed E-state index contributed by atoms with van der Waals surface area (Å²) >= 11 is 0. The van der Waals surface area contributed by atoms with Crippen molar-refractivity contribution in [2.45, 2.75) is 39.2 Å². The monoisotopic (exact) mass is 246 g/mol. The second-order valence-electron chi connectivity index (χ2n) is 5.52. The lowest BCUT2D eigenvalue weighted by atomic mass is 10.1. The van der Waals surface area contributed by atoms with Crippen LogP contribution in [-0.4, -0.2) is 26.2 Å². The summed E-state index contributed by atoms with van der Waals surface area (Å²) in [6, 6.07) is 9.60. The highest BCUT2D eigenvalue weighted by Gasteiger charge is 2.27. The fraction of sp³-hybridized carbons (Fsp3) is 0.625. The molecule has 0 saturated heterocycles. The van der Waals surface area contributed by atoms with Gasteiger partial charge >= 0.3 is 0 Å². The third kappa shape index (κ3) is 3.74. The average Bonchev–Trinajstić information content (AvgIpc) is 3.23. The number of rotatable bonds is 7. The van der Waals surface area contributed by atoms with Crippen LogP contribution in [0.3, 0.4) is 0 Å². The Balaban J connectivity index is 1.73. The molecule has 18 heavy (non-hydrogen) atoms. The van der Waals surface area contributed by atoms with Crippen LogP contribution in [0.2, 0.25) is 0 Å². The van der Waals surface area contributed by atoms with E-state index in [2.05, 4.69) is 55.4 Å². The normalized spacial score (nSPS) is 16.6. The Hall–Kier alpha value is -1.02. The number of likely N-dealkylation sites (N-methyl/N-ethyl adjacent to an activating group) is 1. The van der Waals surface area contributed by atoms with E-state index in [1.807, 2.05) is 0 Å². The fourth-order valence-electron chi connectivity index (χ4n) is 2.34. The van der Waals surface area contributed by atoms with Crippen molar-refractivity contribution < 1.29 is 0 Å². The first-order valence-electron chi connectivity index (χ1n) is 7.24. The van der Waals surface area contributed by atoms with E-state index in [-0.39, 0.29) is 0 Å². The molecule has 1 saturated carbocycles. The summed E-state index contributed by atoms with van der Waals surface area (Å²) in [5.41, 5.74) is 2.72. The van der Waals surface area contributed by atoms with Crippen molar-refractivity contribution >= 4 is 5.69 Å². The second kappa shape index (κ2) is 6.24. The van der Waals surface area contributed by atoms with Crippen LogP contribution >= 0.6 is 0 Å². The fourth-order valence-corrected chi connectivity index (χ4v) is 2.34. The van der Waals surface area contributed by atoms with E-state index < -0.39 is 0 Å². The van der Waals surface area contributed by atoms with Gasteiger partial charge in [-0.15, -0.1) is 0 Å². The molecule has 0 aliphatic heterocycles. The van der Waals surface area contributed by atoms with Gasteiger partial charge in [-0.3, -0.25) is 0 Å². The van der Waals surface area contributed by atoms with Gasteiger partial charge in [-0.1, -0.05) is 19.1 Å². The Kier molecular flexibility index (Phi) is 4.65. The first-order chi connectivity index (χ1) is 8.70. The van der Waals surface area contributed by atoms with E-state index in [1.54, 1.807) is 0 Å². The molecular formula is C16H26N2. The number of nitrogens with zero attached hydrogens (tertiary/aromatic N) is 1. The van der Waals surface area contributed by atoms with Crippen LogP contribution in [0.25, 0.3) is 0 Å². The van der Waals surface area contributed by atoms with Crippen LogP contribution in [0.1, 0.15) is 32.3 Å². The topological polar surface area (TPSA) is 15.3 Å². The molecule has 1 atom stereocenters. The summed E-state index contributed by atoms with van der Waals surface area (Å²) in [6.45, 7) is 6.65. The first kappa shape index (κ1) is 13.4. The minimum atomic E-state index is 0.695. The van der Waals surface area contributed by atoms with Crippen molar-refractivity contribution in [2.24, 2.45) is 5.92 Å². The Morgan fingerprint density at radius 1 is 1.28 bits per heavy atom. The second-order valence-corrected chi connectivity index (χ2v) is 5.52. The molecule has 1 unspecified atom stereocenters. The van der Waals surface area contributed by atoms with Gasteiger partial charge in [0.1, 0.15) is 0 Å². The highest BCUT2D eigenvalue weighted by molar-refractivity contribution is 5.46. The lowest BCUT2D eigenvalue weighted by molar-refractivity contribution is 0.501. The minimum Gasteiger partial charge on any atom is -0.373 e. The Morgan fingerprint density at radius 3 is 2.50 bits per heavy atom. The molecule has 1 aromatic carbocycles. The molecule has 2 rings (SSSR count). The molecule has 0 heterocycles. The number of hydrogen-bond donors (Lipinski definition) is 1. The van der Waals surface area contributed by atoms with Gasteiger partial charge in [-0.2, -0.15) is 0 Å². The molecule has 1 N–H and O–H groups in total. The zero-order valence-electron chi connectivity index (χ0n) is 11.9. The number of benzene rings is 1. The molecule has 100 valence electrons. The van der Waals surface area contributed by atoms with Crippen molar-refractivity contribution in [3.8, 4) is 0 Å². The molecule has 1 aliphatic carbocycles. The van der Waals surface area contributed by atoms with E-state index in [1.165, 1.54) is 24.1 Å². The molecule has 0 aromatic heterocycles. The molecule has 1 aromatic rings. The van der Waals surface area contributed by atoms with Gasteiger partial charge in [0, 0.05) is 31.9 Å². The van der Waals surface area contributed by atoms with E-state index in [9.17, 15) is 0 Å². The molecule has 1 fully saturated rings. The molecule has 0 radical (unpaired) electrons. The zero-order chi connectivity index (χ0) is 13.0. The van der Waals surface area contributed by atoms with E-state index >= 15 is 0 Å². The van der Waals surface area contributed by atoms with Crippen LogP contribution in [-0.2, 0) is 6.42 Å². The van der Waals surface area contributed by atoms with E-state index in [0.29, 0.717) is 6.04 Å². The number of anilines is 1. The van der Waals surface area contributed by atoms with Gasteiger partial charge in [0.05, 0.1) is 0 Å². The first-order valence-corrected chi connectivity index (χ1v) is 7.24. The van der Waals surface area contributed by atoms with Crippen LogP contribution in [0.15, 0.2) is 24.3 Å². The van der Waals surface area contributed by atoms with Crippen molar-refractivity contribution in [1.29, 1.82) is 0 Å². The predicted octanol–water partition coefficient (Wildman–Crippen LogP) is 3.07. The van der Waals surface area contributed by atoms with Crippen molar-refractivity contribution in [3.63, 3.8) is 0 Å². The maximum absolute atomic E-state index is 3.63. The largest absolute Gasteiger partial charge is 0.373 e. The molecule has 2 nitrogen and oxygen atoms in total. The Morgan fingerprint density at radius 2 is 1.94 bits per heavy atom. The zero-order valence-corrected chi connectivity index (χ0v) is 11.9. The lowest BCUT2D eigenvalue weighted by Gasteiger charge is -2.21. The Bertz CT molecular complexity index is 354. The quantitative estimate of drug-likeness (QED) is 0.795. The summed E-state index contributed by atoms with van der Waals surface area (Å²) in [5.74, 6) is 0.944. The maximum Gasteiger partial charge on any atom is 0.0364 e. The number of nitrogens with one attached hydrogen (secondary N) is 1. The van der Waals surface area contributed by atoms with Crippen molar-refractivity contribution in [2.75, 3.05) is 25.0 Å². The van der Waals surface area contributed by atoms with Gasteiger partial charge in [0.25, 0.3) is 0 Å². The highest BCUT2D eigenvalue weighted by Crippen LogP contribution is 2.32. The van der Waals surface area contributed by atoms with Gasteiger partial charge in [-0.25, -0.2) is 0 Å². The summed E-state index contributed by atoms with van der Waals surface area (Å²) in [4.78, 5) is 2.33. The minimum absolute atomic E-state index is 0.695. The predicted molar refractivity (Wildman–Crippen MR) is 79.3 cm³/mol. The van der Waals surface area contributed by atoms with Crippen LogP contribution < -0.4 is 10.2 Å². The average molecular weight is 246 g/mol. The summed E-state index contributed by atoms with van der Waals surface area (Å²) in [6.07, 6.45) is 3.95. The molecule has 0 amide bonds. The van der Waals surface area contributed by atoms with Gasteiger partial charge < -0.3 is 10.2 Å². The van der Waals surface area contributed by atoms with Gasteiger partial charge in [0.2, 0.25) is 0 Å². The smallest absolute Gasteiger partial charge is 0.0364 e. The molecule has 2 heteroatoms. The molecule has 0 spiro atoms. The van der Waals surface area contributed by atoms with Crippen molar-refractivity contribution in [1.82, 2.24) is 5.32 Å². The van der Waals surface area contributed by atoms with Gasteiger partial charge in [-0.05, 0) is 49.8 Å².